The number of carbonyl (C=O) groups is 2. The highest BCUT2D eigenvalue weighted by atomic mass is 16.2. The van der Waals surface area contributed by atoms with Crippen LogP contribution in [0.1, 0.15) is 49.3 Å². The summed E-state index contributed by atoms with van der Waals surface area (Å²) in [4.78, 5) is 28.7. The Bertz CT molecular complexity index is 1100. The van der Waals surface area contributed by atoms with Crippen LogP contribution in [0.4, 0.5) is 5.69 Å². The van der Waals surface area contributed by atoms with E-state index in [-0.39, 0.29) is 23.8 Å². The molecule has 0 radical (unpaired) electrons. The lowest BCUT2D eigenvalue weighted by atomic mass is 9.73. The summed E-state index contributed by atoms with van der Waals surface area (Å²) in [6.45, 7) is 3.92. The Balaban J connectivity index is 1.77. The number of nitriles is 1. The lowest BCUT2D eigenvalue weighted by Gasteiger charge is -2.46. The molecule has 7 heteroatoms. The molecule has 158 valence electrons. The van der Waals surface area contributed by atoms with Crippen molar-refractivity contribution in [3.63, 3.8) is 0 Å². The minimum absolute atomic E-state index is 0.0132. The number of nitrogens with zero attached hydrogens (tertiary/aromatic N) is 3. The van der Waals surface area contributed by atoms with Crippen molar-refractivity contribution < 1.29 is 9.59 Å². The van der Waals surface area contributed by atoms with Gasteiger partial charge in [-0.2, -0.15) is 5.26 Å². The minimum atomic E-state index is -0.911. The fraction of sp³-hybridized carbons (Fsp3) is 0.333. The number of hydrogen-bond donors (Lipinski definition) is 2. The molecule has 2 aromatic rings. The van der Waals surface area contributed by atoms with Crippen molar-refractivity contribution in [2.45, 2.75) is 44.2 Å². The topological polar surface area (TPSA) is 100 Å². The van der Waals surface area contributed by atoms with Gasteiger partial charge in [0.2, 0.25) is 11.8 Å². The highest BCUT2D eigenvalue weighted by Gasteiger charge is 2.48. The molecule has 0 spiro atoms. The average molecular weight is 415 g/mol. The van der Waals surface area contributed by atoms with Gasteiger partial charge in [0, 0.05) is 25.2 Å². The van der Waals surface area contributed by atoms with Crippen molar-refractivity contribution in [1.82, 2.24) is 10.2 Å². The van der Waals surface area contributed by atoms with Crippen LogP contribution in [0.15, 0.2) is 48.5 Å². The van der Waals surface area contributed by atoms with Gasteiger partial charge in [0.1, 0.15) is 0 Å². The van der Waals surface area contributed by atoms with Gasteiger partial charge in [-0.1, -0.05) is 24.3 Å². The van der Waals surface area contributed by atoms with Crippen molar-refractivity contribution in [1.29, 1.82) is 10.7 Å². The molecule has 2 amide bonds. The van der Waals surface area contributed by atoms with Gasteiger partial charge in [-0.15, -0.1) is 0 Å². The van der Waals surface area contributed by atoms with Gasteiger partial charge in [-0.3, -0.25) is 19.9 Å². The zero-order valence-electron chi connectivity index (χ0n) is 17.8. The fourth-order valence-electron chi connectivity index (χ4n) is 4.63. The zero-order valence-corrected chi connectivity index (χ0v) is 17.8. The average Bonchev–Trinajstić information content (AvgIpc) is 3.11. The maximum atomic E-state index is 13.3. The first kappa shape index (κ1) is 20.6. The quantitative estimate of drug-likeness (QED) is 0.805. The minimum Gasteiger partial charge on any atom is -0.346 e. The van der Waals surface area contributed by atoms with Crippen LogP contribution in [-0.4, -0.2) is 35.8 Å². The highest BCUT2D eigenvalue weighted by Crippen LogP contribution is 2.41. The third-order valence-corrected chi connectivity index (χ3v) is 6.45. The molecule has 4 rings (SSSR count). The maximum absolute atomic E-state index is 13.3. The van der Waals surface area contributed by atoms with Crippen LogP contribution in [0, 0.1) is 16.7 Å². The second-order valence-electron chi connectivity index (χ2n) is 8.44. The molecule has 0 saturated carbocycles. The molecule has 2 saturated heterocycles. The second-order valence-corrected chi connectivity index (χ2v) is 8.44. The first-order valence-electron chi connectivity index (χ1n) is 10.3. The largest absolute Gasteiger partial charge is 0.346 e. The van der Waals surface area contributed by atoms with Gasteiger partial charge < -0.3 is 10.2 Å². The molecular weight excluding hydrogens is 390 g/mol. The summed E-state index contributed by atoms with van der Waals surface area (Å²) in [5, 5.41) is 20.8. The van der Waals surface area contributed by atoms with Gasteiger partial charge in [0.05, 0.1) is 23.1 Å². The Morgan fingerprint density at radius 3 is 2.52 bits per heavy atom. The van der Waals surface area contributed by atoms with E-state index in [1.54, 1.807) is 25.2 Å². The van der Waals surface area contributed by atoms with E-state index in [0.29, 0.717) is 12.0 Å². The molecule has 2 aliphatic rings. The predicted octanol–water partition coefficient (Wildman–Crippen LogP) is 3.07. The number of amides is 2. The van der Waals surface area contributed by atoms with Gasteiger partial charge in [-0.25, -0.2) is 0 Å². The van der Waals surface area contributed by atoms with Crippen molar-refractivity contribution in [2.75, 3.05) is 11.9 Å². The molecule has 1 unspecified atom stereocenters. The van der Waals surface area contributed by atoms with Crippen molar-refractivity contribution >= 4 is 23.5 Å². The maximum Gasteiger partial charge on any atom is 0.239 e. The summed E-state index contributed by atoms with van der Waals surface area (Å²) in [5.41, 5.74) is 1.95. The van der Waals surface area contributed by atoms with Gasteiger partial charge >= 0.3 is 0 Å². The van der Waals surface area contributed by atoms with Gasteiger partial charge in [0.15, 0.2) is 5.96 Å². The molecule has 2 aromatic carbocycles. The van der Waals surface area contributed by atoms with E-state index in [2.05, 4.69) is 11.4 Å². The molecule has 31 heavy (non-hydrogen) atoms. The standard InChI is InChI=1S/C24H25N5O2/c1-15-7-12-20(30)29(15)19-10-8-17(9-11-19)21-22(31)28(3)23(26)27-24(21,2)18-6-4-5-16(13-18)14-25/h4-6,8-11,13,15,21H,7,12H2,1-3H3,(H2,26,27)/t15?,21-,24-/m1/s1. The van der Waals surface area contributed by atoms with E-state index in [4.69, 9.17) is 5.41 Å². The zero-order chi connectivity index (χ0) is 22.3. The molecular formula is C24H25N5O2. The monoisotopic (exact) mass is 415 g/mol. The molecule has 2 N–H and O–H groups in total. The first-order valence-corrected chi connectivity index (χ1v) is 10.3. The molecule has 0 aromatic heterocycles. The molecule has 3 atom stereocenters. The van der Waals surface area contributed by atoms with Crippen LogP contribution >= 0.6 is 0 Å². The smallest absolute Gasteiger partial charge is 0.239 e. The Morgan fingerprint density at radius 2 is 1.90 bits per heavy atom. The Morgan fingerprint density at radius 1 is 1.19 bits per heavy atom. The number of guanidine groups is 1. The third kappa shape index (κ3) is 3.34. The van der Waals surface area contributed by atoms with Crippen LogP contribution in [0.3, 0.4) is 0 Å². The van der Waals surface area contributed by atoms with Crippen LogP contribution in [0.25, 0.3) is 0 Å². The first-order chi connectivity index (χ1) is 14.8. The van der Waals surface area contributed by atoms with Crippen LogP contribution in [-0.2, 0) is 15.1 Å². The van der Waals surface area contributed by atoms with Gasteiger partial charge in [-0.05, 0) is 55.7 Å². The second kappa shape index (κ2) is 7.55. The van der Waals surface area contributed by atoms with E-state index in [1.807, 2.05) is 49.1 Å². The molecule has 7 nitrogen and oxygen atoms in total. The summed E-state index contributed by atoms with van der Waals surface area (Å²) in [7, 11) is 1.58. The van der Waals surface area contributed by atoms with Crippen LogP contribution < -0.4 is 10.2 Å². The number of nitrogens with one attached hydrogen (secondary N) is 2. The molecule has 0 bridgehead atoms. The number of likely N-dealkylation sites (N-methyl/N-ethyl adjacent to an activating group) is 1. The summed E-state index contributed by atoms with van der Waals surface area (Å²) < 4.78 is 0. The van der Waals surface area contributed by atoms with Crippen LogP contribution in [0.5, 0.6) is 0 Å². The molecule has 2 heterocycles. The SMILES string of the molecule is CC1CCC(=O)N1c1ccc([C@@H]2C(=O)N(C)C(=N)N[C@]2(C)c2cccc(C#N)c2)cc1. The summed E-state index contributed by atoms with van der Waals surface area (Å²) in [5.74, 6) is -0.686. The third-order valence-electron chi connectivity index (χ3n) is 6.45. The number of rotatable bonds is 3. The number of benzene rings is 2. The molecule has 2 fully saturated rings. The number of hydrogen-bond acceptors (Lipinski definition) is 4. The Hall–Kier alpha value is -3.66. The Kier molecular flexibility index (Phi) is 5.02. The lowest BCUT2D eigenvalue weighted by molar-refractivity contribution is -0.131. The number of anilines is 1. The summed E-state index contributed by atoms with van der Waals surface area (Å²) >= 11 is 0. The summed E-state index contributed by atoms with van der Waals surface area (Å²) in [6, 6.07) is 16.9. The lowest BCUT2D eigenvalue weighted by Crippen LogP contribution is -2.62. The van der Waals surface area contributed by atoms with E-state index in [0.717, 1.165) is 23.2 Å². The molecule has 0 aliphatic carbocycles. The van der Waals surface area contributed by atoms with E-state index >= 15 is 0 Å². The van der Waals surface area contributed by atoms with Crippen molar-refractivity contribution in [2.24, 2.45) is 0 Å². The van der Waals surface area contributed by atoms with E-state index in [9.17, 15) is 14.9 Å². The van der Waals surface area contributed by atoms with Gasteiger partial charge in [0.25, 0.3) is 0 Å². The van der Waals surface area contributed by atoms with E-state index in [1.165, 1.54) is 4.90 Å². The molecule has 2 aliphatic heterocycles. The number of carbonyl (C=O) groups excluding carboxylic acids is 2. The van der Waals surface area contributed by atoms with Crippen LogP contribution in [0.2, 0.25) is 0 Å². The normalized spacial score (nSPS) is 26.1. The van der Waals surface area contributed by atoms with E-state index < -0.39 is 11.5 Å². The highest BCUT2D eigenvalue weighted by molar-refractivity contribution is 6.03. The summed E-state index contributed by atoms with van der Waals surface area (Å²) in [6.07, 6.45) is 1.39. The predicted molar refractivity (Wildman–Crippen MR) is 118 cm³/mol. The van der Waals surface area contributed by atoms with Crippen molar-refractivity contribution in [3.05, 3.63) is 65.2 Å². The van der Waals surface area contributed by atoms with Crippen molar-refractivity contribution in [3.8, 4) is 6.07 Å². The fourth-order valence-corrected chi connectivity index (χ4v) is 4.63. The Labute approximate surface area is 181 Å².